The molecule has 112 valence electrons. The maximum Gasteiger partial charge on any atom is 0.244 e. The summed E-state index contributed by atoms with van der Waals surface area (Å²) in [4.78, 5) is 4.58. The molecule has 0 saturated carbocycles. The van der Waals surface area contributed by atoms with E-state index in [1.54, 1.807) is 7.11 Å². The second-order valence-electron chi connectivity index (χ2n) is 6.17. The monoisotopic (exact) mass is 287 g/mol. The quantitative estimate of drug-likeness (QED) is 0.939. The molecule has 5 nitrogen and oxygen atoms in total. The van der Waals surface area contributed by atoms with Gasteiger partial charge in [-0.25, -0.2) is 0 Å². The summed E-state index contributed by atoms with van der Waals surface area (Å²) in [5.74, 6) is 2.06. The number of nitrogens with zero attached hydrogens (tertiary/aromatic N) is 2. The lowest BCUT2D eigenvalue weighted by molar-refractivity contribution is 0.146. The van der Waals surface area contributed by atoms with Crippen molar-refractivity contribution in [2.45, 2.75) is 32.7 Å². The zero-order valence-electron chi connectivity index (χ0n) is 12.7. The molecular weight excluding hydrogens is 266 g/mol. The largest absolute Gasteiger partial charge is 0.497 e. The van der Waals surface area contributed by atoms with E-state index >= 15 is 0 Å². The number of aromatic nitrogens is 2. The van der Waals surface area contributed by atoms with Crippen molar-refractivity contribution in [1.82, 2.24) is 15.5 Å². The molecule has 0 radical (unpaired) electrons. The van der Waals surface area contributed by atoms with Gasteiger partial charge in [0.15, 0.2) is 0 Å². The fraction of sp³-hybridized carbons (Fsp3) is 0.500. The predicted molar refractivity (Wildman–Crippen MR) is 80.0 cm³/mol. The Hall–Kier alpha value is -1.88. The van der Waals surface area contributed by atoms with Gasteiger partial charge in [0.1, 0.15) is 5.75 Å². The minimum absolute atomic E-state index is 0.109. The molecule has 0 amide bonds. The van der Waals surface area contributed by atoms with Crippen molar-refractivity contribution < 1.29 is 9.26 Å². The van der Waals surface area contributed by atoms with E-state index in [0.717, 1.165) is 24.3 Å². The Balaban J connectivity index is 1.89. The van der Waals surface area contributed by atoms with Crippen molar-refractivity contribution in [2.75, 3.05) is 13.7 Å². The molecule has 3 rings (SSSR count). The number of benzene rings is 1. The maximum atomic E-state index is 5.50. The van der Waals surface area contributed by atoms with Crippen LogP contribution in [0, 0.1) is 5.41 Å². The van der Waals surface area contributed by atoms with Gasteiger partial charge in [0.2, 0.25) is 11.7 Å². The first kappa shape index (κ1) is 14.1. The van der Waals surface area contributed by atoms with Crippen LogP contribution in [0.25, 0.3) is 11.4 Å². The molecule has 1 aliphatic rings. The Bertz CT molecular complexity index is 621. The van der Waals surface area contributed by atoms with Crippen LogP contribution >= 0.6 is 0 Å². The van der Waals surface area contributed by atoms with E-state index in [-0.39, 0.29) is 11.5 Å². The van der Waals surface area contributed by atoms with Gasteiger partial charge in [-0.05, 0) is 36.9 Å². The zero-order valence-corrected chi connectivity index (χ0v) is 12.7. The Morgan fingerprint density at radius 1 is 1.38 bits per heavy atom. The molecule has 0 bridgehead atoms. The summed E-state index contributed by atoms with van der Waals surface area (Å²) < 4.78 is 10.7. The number of methoxy groups -OCH3 is 1. The van der Waals surface area contributed by atoms with E-state index in [9.17, 15) is 0 Å². The van der Waals surface area contributed by atoms with Gasteiger partial charge in [-0.15, -0.1) is 0 Å². The highest BCUT2D eigenvalue weighted by Crippen LogP contribution is 2.39. The molecule has 0 spiro atoms. The van der Waals surface area contributed by atoms with Crippen LogP contribution in [0.4, 0.5) is 0 Å². The standard InChI is InChI=1S/C16H21N3O2/c1-16(2)8-5-9-17-13(16)15-18-14(19-21-15)11-6-4-7-12(10-11)20-3/h4,6-7,10,13,17H,5,8-9H2,1-3H3. The van der Waals surface area contributed by atoms with Crippen LogP contribution in [-0.2, 0) is 0 Å². The smallest absolute Gasteiger partial charge is 0.244 e. The minimum Gasteiger partial charge on any atom is -0.497 e. The van der Waals surface area contributed by atoms with Crippen molar-refractivity contribution in [1.29, 1.82) is 0 Å². The van der Waals surface area contributed by atoms with Gasteiger partial charge >= 0.3 is 0 Å². The summed E-state index contributed by atoms with van der Waals surface area (Å²) in [6.07, 6.45) is 2.34. The molecule has 2 aromatic rings. The molecule has 0 aliphatic carbocycles. The Morgan fingerprint density at radius 3 is 3.00 bits per heavy atom. The highest BCUT2D eigenvalue weighted by molar-refractivity contribution is 5.56. The number of piperidine rings is 1. The van der Waals surface area contributed by atoms with Crippen LogP contribution in [0.2, 0.25) is 0 Å². The summed E-state index contributed by atoms with van der Waals surface area (Å²) in [5, 5.41) is 7.61. The van der Waals surface area contributed by atoms with Crippen molar-refractivity contribution in [3.63, 3.8) is 0 Å². The van der Waals surface area contributed by atoms with Gasteiger partial charge < -0.3 is 14.6 Å². The summed E-state index contributed by atoms with van der Waals surface area (Å²) in [5.41, 5.74) is 1.02. The third-order valence-electron chi connectivity index (χ3n) is 4.14. The zero-order chi connectivity index (χ0) is 14.9. The molecule has 5 heteroatoms. The maximum absolute atomic E-state index is 5.50. The van der Waals surface area contributed by atoms with Crippen LogP contribution < -0.4 is 10.1 Å². The number of rotatable bonds is 3. The second-order valence-corrected chi connectivity index (χ2v) is 6.17. The van der Waals surface area contributed by atoms with E-state index in [0.29, 0.717) is 11.7 Å². The summed E-state index contributed by atoms with van der Waals surface area (Å²) in [6.45, 7) is 5.46. The first-order chi connectivity index (χ1) is 10.1. The van der Waals surface area contributed by atoms with E-state index in [1.807, 2.05) is 24.3 Å². The van der Waals surface area contributed by atoms with Crippen LogP contribution in [-0.4, -0.2) is 23.8 Å². The lowest BCUT2D eigenvalue weighted by atomic mass is 9.77. The molecule has 1 aromatic carbocycles. The third kappa shape index (κ3) is 2.78. The van der Waals surface area contributed by atoms with Gasteiger partial charge in [-0.1, -0.05) is 31.1 Å². The van der Waals surface area contributed by atoms with Gasteiger partial charge in [0, 0.05) is 5.56 Å². The molecule has 2 heterocycles. The SMILES string of the molecule is COc1cccc(-c2noc(C3NCCCC3(C)C)n2)c1. The molecular formula is C16H21N3O2. The first-order valence-electron chi connectivity index (χ1n) is 7.31. The van der Waals surface area contributed by atoms with Crippen molar-refractivity contribution in [3.05, 3.63) is 30.2 Å². The fourth-order valence-corrected chi connectivity index (χ4v) is 2.86. The summed E-state index contributed by atoms with van der Waals surface area (Å²) in [6, 6.07) is 7.80. The van der Waals surface area contributed by atoms with Crippen LogP contribution in [0.3, 0.4) is 0 Å². The van der Waals surface area contributed by atoms with Crippen molar-refractivity contribution >= 4 is 0 Å². The minimum atomic E-state index is 0.109. The number of hydrogen-bond acceptors (Lipinski definition) is 5. The van der Waals surface area contributed by atoms with Gasteiger partial charge in [-0.2, -0.15) is 4.98 Å². The highest BCUT2D eigenvalue weighted by Gasteiger charge is 2.37. The van der Waals surface area contributed by atoms with E-state index < -0.39 is 0 Å². The van der Waals surface area contributed by atoms with Crippen LogP contribution in [0.1, 0.15) is 38.6 Å². The van der Waals surface area contributed by atoms with E-state index in [2.05, 4.69) is 29.3 Å². The van der Waals surface area contributed by atoms with Gasteiger partial charge in [-0.3, -0.25) is 0 Å². The Labute approximate surface area is 124 Å². The van der Waals surface area contributed by atoms with Crippen molar-refractivity contribution in [3.8, 4) is 17.1 Å². The molecule has 21 heavy (non-hydrogen) atoms. The van der Waals surface area contributed by atoms with Gasteiger partial charge in [0.25, 0.3) is 0 Å². The number of ether oxygens (including phenoxy) is 1. The number of nitrogens with one attached hydrogen (secondary N) is 1. The first-order valence-corrected chi connectivity index (χ1v) is 7.31. The molecule has 1 aliphatic heterocycles. The van der Waals surface area contributed by atoms with Crippen LogP contribution in [0.15, 0.2) is 28.8 Å². The molecule has 1 unspecified atom stereocenters. The molecule has 1 fully saturated rings. The van der Waals surface area contributed by atoms with Crippen LogP contribution in [0.5, 0.6) is 5.75 Å². The Morgan fingerprint density at radius 2 is 2.24 bits per heavy atom. The van der Waals surface area contributed by atoms with E-state index in [1.165, 1.54) is 6.42 Å². The molecule has 1 aromatic heterocycles. The molecule has 1 N–H and O–H groups in total. The normalized spacial score (nSPS) is 21.2. The average molecular weight is 287 g/mol. The second kappa shape index (κ2) is 5.48. The summed E-state index contributed by atoms with van der Waals surface area (Å²) >= 11 is 0. The lowest BCUT2D eigenvalue weighted by Crippen LogP contribution is -2.39. The Kier molecular flexibility index (Phi) is 3.68. The van der Waals surface area contributed by atoms with Gasteiger partial charge in [0.05, 0.1) is 13.2 Å². The predicted octanol–water partition coefficient (Wildman–Crippen LogP) is 3.20. The summed E-state index contributed by atoms with van der Waals surface area (Å²) in [7, 11) is 1.65. The molecule has 1 saturated heterocycles. The highest BCUT2D eigenvalue weighted by atomic mass is 16.5. The average Bonchev–Trinajstić information content (AvgIpc) is 2.96. The fourth-order valence-electron chi connectivity index (χ4n) is 2.86. The number of hydrogen-bond donors (Lipinski definition) is 1. The molecule has 1 atom stereocenters. The topological polar surface area (TPSA) is 60.2 Å². The van der Waals surface area contributed by atoms with Crippen molar-refractivity contribution in [2.24, 2.45) is 5.41 Å². The lowest BCUT2D eigenvalue weighted by Gasteiger charge is -2.36. The van der Waals surface area contributed by atoms with E-state index in [4.69, 9.17) is 9.26 Å². The third-order valence-corrected chi connectivity index (χ3v) is 4.14.